The molecule has 0 unspecified atom stereocenters. The normalized spacial score (nSPS) is 11.8. The monoisotopic (exact) mass is 310 g/mol. The third kappa shape index (κ3) is 4.85. The van der Waals surface area contributed by atoms with E-state index in [0.717, 1.165) is 18.8 Å². The Hall–Kier alpha value is -2.29. The fourth-order valence-electron chi connectivity index (χ4n) is 2.73. The summed E-state index contributed by atoms with van der Waals surface area (Å²) in [5, 5.41) is 2.99. The maximum absolute atomic E-state index is 12.2. The van der Waals surface area contributed by atoms with Crippen LogP contribution in [0.25, 0.3) is 0 Å². The number of carbonyl (C=O) groups excluding carboxylic acids is 1. The molecule has 2 aromatic rings. The van der Waals surface area contributed by atoms with E-state index in [0.29, 0.717) is 6.42 Å². The fraction of sp³-hybridized carbons (Fsp3) is 0.350. The molecule has 1 N–H and O–H groups in total. The van der Waals surface area contributed by atoms with Crippen molar-refractivity contribution in [2.45, 2.75) is 33.1 Å². The highest BCUT2D eigenvalue weighted by Crippen LogP contribution is 2.21. The number of rotatable bonds is 7. The van der Waals surface area contributed by atoms with Crippen molar-refractivity contribution in [3.05, 3.63) is 60.2 Å². The highest BCUT2D eigenvalue weighted by atomic mass is 16.1. The second-order valence-corrected chi connectivity index (χ2v) is 5.78. The van der Waals surface area contributed by atoms with Gasteiger partial charge in [-0.15, -0.1) is 0 Å². The van der Waals surface area contributed by atoms with E-state index >= 15 is 0 Å². The lowest BCUT2D eigenvalue weighted by molar-refractivity contribution is -0.116. The minimum absolute atomic E-state index is 0.0527. The molecule has 3 heteroatoms. The molecule has 0 fully saturated rings. The van der Waals surface area contributed by atoms with Gasteiger partial charge in [0.15, 0.2) is 0 Å². The van der Waals surface area contributed by atoms with Crippen LogP contribution in [0.15, 0.2) is 54.6 Å². The standard InChI is InChI=1S/C20H26N2O/c1-4-22(5-2)19-13-11-18(12-14-19)21-20(23)15-16(3)17-9-7-6-8-10-17/h6-14,16H,4-5,15H2,1-3H3,(H,21,23)/t16-/m1/s1. The lowest BCUT2D eigenvalue weighted by Gasteiger charge is -2.21. The Morgan fingerprint density at radius 1 is 1.00 bits per heavy atom. The summed E-state index contributed by atoms with van der Waals surface area (Å²) in [5.74, 6) is 0.267. The summed E-state index contributed by atoms with van der Waals surface area (Å²) in [5.41, 5.74) is 3.23. The van der Waals surface area contributed by atoms with Gasteiger partial charge in [0.2, 0.25) is 5.91 Å². The van der Waals surface area contributed by atoms with Gasteiger partial charge >= 0.3 is 0 Å². The largest absolute Gasteiger partial charge is 0.372 e. The number of anilines is 2. The number of carbonyl (C=O) groups is 1. The molecule has 0 saturated carbocycles. The quantitative estimate of drug-likeness (QED) is 0.806. The average molecular weight is 310 g/mol. The van der Waals surface area contributed by atoms with Crippen LogP contribution in [-0.2, 0) is 4.79 Å². The summed E-state index contributed by atoms with van der Waals surface area (Å²) in [6, 6.07) is 18.2. The molecular weight excluding hydrogens is 284 g/mol. The van der Waals surface area contributed by atoms with Crippen molar-refractivity contribution in [3.63, 3.8) is 0 Å². The first-order chi connectivity index (χ1) is 11.1. The Balaban J connectivity index is 1.92. The Morgan fingerprint density at radius 3 is 2.17 bits per heavy atom. The van der Waals surface area contributed by atoms with Crippen molar-refractivity contribution in [3.8, 4) is 0 Å². The molecule has 122 valence electrons. The van der Waals surface area contributed by atoms with E-state index in [9.17, 15) is 4.79 Å². The van der Waals surface area contributed by atoms with Crippen LogP contribution in [0.3, 0.4) is 0 Å². The molecule has 2 aromatic carbocycles. The zero-order valence-electron chi connectivity index (χ0n) is 14.3. The predicted octanol–water partition coefficient (Wildman–Crippen LogP) is 4.67. The highest BCUT2D eigenvalue weighted by molar-refractivity contribution is 5.91. The number of nitrogens with one attached hydrogen (secondary N) is 1. The van der Waals surface area contributed by atoms with Crippen LogP contribution in [0.4, 0.5) is 11.4 Å². The topological polar surface area (TPSA) is 32.3 Å². The van der Waals surface area contributed by atoms with Gasteiger partial charge in [0.05, 0.1) is 0 Å². The van der Waals surface area contributed by atoms with Crippen molar-refractivity contribution >= 4 is 17.3 Å². The highest BCUT2D eigenvalue weighted by Gasteiger charge is 2.11. The van der Waals surface area contributed by atoms with Gasteiger partial charge in [-0.25, -0.2) is 0 Å². The SMILES string of the molecule is CCN(CC)c1ccc(NC(=O)C[C@@H](C)c2ccccc2)cc1. The maximum atomic E-state index is 12.2. The van der Waals surface area contributed by atoms with Gasteiger partial charge in [0.25, 0.3) is 0 Å². The van der Waals surface area contributed by atoms with E-state index in [1.165, 1.54) is 11.3 Å². The predicted molar refractivity (Wildman–Crippen MR) is 98.1 cm³/mol. The zero-order chi connectivity index (χ0) is 16.7. The minimum Gasteiger partial charge on any atom is -0.372 e. The molecule has 23 heavy (non-hydrogen) atoms. The van der Waals surface area contributed by atoms with Crippen molar-refractivity contribution < 1.29 is 4.79 Å². The van der Waals surface area contributed by atoms with Gasteiger partial charge < -0.3 is 10.2 Å². The second-order valence-electron chi connectivity index (χ2n) is 5.78. The molecule has 1 amide bonds. The second kappa shape index (κ2) is 8.37. The molecule has 0 spiro atoms. The van der Waals surface area contributed by atoms with Crippen molar-refractivity contribution in [1.29, 1.82) is 0 Å². The average Bonchev–Trinajstić information content (AvgIpc) is 2.58. The van der Waals surface area contributed by atoms with E-state index in [-0.39, 0.29) is 11.8 Å². The number of benzene rings is 2. The van der Waals surface area contributed by atoms with Crippen LogP contribution < -0.4 is 10.2 Å². The minimum atomic E-state index is 0.0527. The van der Waals surface area contributed by atoms with Crippen LogP contribution in [0, 0.1) is 0 Å². The number of amides is 1. The van der Waals surface area contributed by atoms with Crippen molar-refractivity contribution in [2.75, 3.05) is 23.3 Å². The Kier molecular flexibility index (Phi) is 6.21. The third-order valence-corrected chi connectivity index (χ3v) is 4.14. The summed E-state index contributed by atoms with van der Waals surface area (Å²) in [4.78, 5) is 14.5. The van der Waals surface area contributed by atoms with E-state index in [1.807, 2.05) is 30.3 Å². The number of hydrogen-bond acceptors (Lipinski definition) is 2. The summed E-state index contributed by atoms with van der Waals surface area (Å²) >= 11 is 0. The van der Waals surface area contributed by atoms with Crippen LogP contribution >= 0.6 is 0 Å². The van der Waals surface area contributed by atoms with Crippen LogP contribution in [0.5, 0.6) is 0 Å². The van der Waals surface area contributed by atoms with Gasteiger partial charge in [-0.05, 0) is 49.6 Å². The first-order valence-corrected chi connectivity index (χ1v) is 8.33. The van der Waals surface area contributed by atoms with Gasteiger partial charge in [-0.3, -0.25) is 4.79 Å². The molecule has 0 aliphatic carbocycles. The smallest absolute Gasteiger partial charge is 0.224 e. The Morgan fingerprint density at radius 2 is 1.61 bits per heavy atom. The van der Waals surface area contributed by atoms with Crippen LogP contribution in [-0.4, -0.2) is 19.0 Å². The summed E-state index contributed by atoms with van der Waals surface area (Å²) < 4.78 is 0. The first kappa shape index (κ1) is 17.1. The van der Waals surface area contributed by atoms with Gasteiger partial charge in [-0.2, -0.15) is 0 Å². The molecule has 2 rings (SSSR count). The molecule has 0 heterocycles. The number of nitrogens with zero attached hydrogens (tertiary/aromatic N) is 1. The van der Waals surface area contributed by atoms with Gasteiger partial charge in [-0.1, -0.05) is 37.3 Å². The molecule has 1 atom stereocenters. The first-order valence-electron chi connectivity index (χ1n) is 8.33. The molecule has 0 aliphatic rings. The zero-order valence-corrected chi connectivity index (χ0v) is 14.3. The fourth-order valence-corrected chi connectivity index (χ4v) is 2.73. The summed E-state index contributed by atoms with van der Waals surface area (Å²) in [6.07, 6.45) is 0.488. The maximum Gasteiger partial charge on any atom is 0.224 e. The lowest BCUT2D eigenvalue weighted by Crippen LogP contribution is -2.21. The van der Waals surface area contributed by atoms with E-state index in [4.69, 9.17) is 0 Å². The summed E-state index contributed by atoms with van der Waals surface area (Å²) in [7, 11) is 0. The molecular formula is C20H26N2O. The Bertz CT molecular complexity index is 603. The molecule has 0 saturated heterocycles. The molecule has 0 aliphatic heterocycles. The van der Waals surface area contributed by atoms with E-state index < -0.39 is 0 Å². The number of hydrogen-bond donors (Lipinski definition) is 1. The van der Waals surface area contributed by atoms with Crippen molar-refractivity contribution in [2.24, 2.45) is 0 Å². The van der Waals surface area contributed by atoms with Gasteiger partial charge in [0.1, 0.15) is 0 Å². The molecule has 3 nitrogen and oxygen atoms in total. The van der Waals surface area contributed by atoms with E-state index in [2.05, 4.69) is 55.3 Å². The lowest BCUT2D eigenvalue weighted by atomic mass is 9.97. The summed E-state index contributed by atoms with van der Waals surface area (Å²) in [6.45, 7) is 8.33. The van der Waals surface area contributed by atoms with Crippen LogP contribution in [0.1, 0.15) is 38.7 Å². The van der Waals surface area contributed by atoms with Crippen molar-refractivity contribution in [1.82, 2.24) is 0 Å². The molecule has 0 aromatic heterocycles. The Labute approximate surface area is 139 Å². The molecule has 0 radical (unpaired) electrons. The van der Waals surface area contributed by atoms with E-state index in [1.54, 1.807) is 0 Å². The van der Waals surface area contributed by atoms with Crippen LogP contribution in [0.2, 0.25) is 0 Å². The third-order valence-electron chi connectivity index (χ3n) is 4.14. The van der Waals surface area contributed by atoms with Gasteiger partial charge in [0, 0.05) is 30.9 Å². The molecule has 0 bridgehead atoms.